The molecule has 2 aliphatic rings. The van der Waals surface area contributed by atoms with E-state index in [0.717, 1.165) is 12.1 Å². The van der Waals surface area contributed by atoms with Crippen LogP contribution in [0.2, 0.25) is 0 Å². The zero-order valence-corrected chi connectivity index (χ0v) is 15.4. The SMILES string of the molecule is NS(=O)(=O)CC1CCN(C(=O)C2CCN(c3ccc(F)c(F)c3)C2=O)CC1. The molecule has 1 aromatic rings. The van der Waals surface area contributed by atoms with Crippen molar-refractivity contribution in [3.05, 3.63) is 29.8 Å². The van der Waals surface area contributed by atoms with E-state index in [1.165, 1.54) is 11.0 Å². The first-order valence-electron chi connectivity index (χ1n) is 8.71. The Morgan fingerprint density at radius 2 is 1.78 bits per heavy atom. The topological polar surface area (TPSA) is 101 Å². The number of hydrogen-bond acceptors (Lipinski definition) is 4. The number of hydrogen-bond donors (Lipinski definition) is 1. The number of benzene rings is 1. The van der Waals surface area contributed by atoms with Gasteiger partial charge in [-0.3, -0.25) is 9.59 Å². The Kier molecular flexibility index (Phi) is 5.48. The highest BCUT2D eigenvalue weighted by atomic mass is 32.2. The lowest BCUT2D eigenvalue weighted by Gasteiger charge is -2.32. The summed E-state index contributed by atoms with van der Waals surface area (Å²) < 4.78 is 48.9. The molecule has 2 heterocycles. The average molecular weight is 401 g/mol. The Morgan fingerprint density at radius 3 is 2.37 bits per heavy atom. The fourth-order valence-electron chi connectivity index (χ4n) is 3.69. The third-order valence-electron chi connectivity index (χ3n) is 5.11. The van der Waals surface area contributed by atoms with Crippen molar-refractivity contribution in [3.8, 4) is 0 Å². The summed E-state index contributed by atoms with van der Waals surface area (Å²) in [6, 6.07) is 3.20. The number of halogens is 2. The van der Waals surface area contributed by atoms with E-state index in [9.17, 15) is 26.8 Å². The van der Waals surface area contributed by atoms with Crippen LogP contribution < -0.4 is 10.0 Å². The molecule has 0 aromatic heterocycles. The van der Waals surface area contributed by atoms with E-state index < -0.39 is 33.5 Å². The van der Waals surface area contributed by atoms with Gasteiger partial charge in [0.25, 0.3) is 0 Å². The monoisotopic (exact) mass is 401 g/mol. The second-order valence-electron chi connectivity index (χ2n) is 7.03. The predicted octanol–water partition coefficient (Wildman–Crippen LogP) is 0.845. The number of sulfonamides is 1. The largest absolute Gasteiger partial charge is 0.342 e. The van der Waals surface area contributed by atoms with Gasteiger partial charge in [-0.15, -0.1) is 0 Å². The summed E-state index contributed by atoms with van der Waals surface area (Å²) in [4.78, 5) is 28.2. The lowest BCUT2D eigenvalue weighted by atomic mass is 9.97. The van der Waals surface area contributed by atoms with Crippen molar-refractivity contribution in [1.82, 2.24) is 4.90 Å². The van der Waals surface area contributed by atoms with Gasteiger partial charge in [0.15, 0.2) is 11.6 Å². The highest BCUT2D eigenvalue weighted by molar-refractivity contribution is 7.89. The van der Waals surface area contributed by atoms with Gasteiger partial charge >= 0.3 is 0 Å². The van der Waals surface area contributed by atoms with Gasteiger partial charge in [-0.2, -0.15) is 0 Å². The summed E-state index contributed by atoms with van der Waals surface area (Å²) in [5, 5.41) is 5.06. The lowest BCUT2D eigenvalue weighted by Crippen LogP contribution is -2.45. The first kappa shape index (κ1) is 19.7. The van der Waals surface area contributed by atoms with Gasteiger partial charge < -0.3 is 9.80 Å². The van der Waals surface area contributed by atoms with Gasteiger partial charge in [-0.25, -0.2) is 22.3 Å². The van der Waals surface area contributed by atoms with E-state index >= 15 is 0 Å². The Bertz CT molecular complexity index is 854. The zero-order chi connectivity index (χ0) is 19.8. The Balaban J connectivity index is 1.62. The van der Waals surface area contributed by atoms with Crippen molar-refractivity contribution in [2.24, 2.45) is 17.0 Å². The van der Waals surface area contributed by atoms with Crippen LogP contribution in [0.5, 0.6) is 0 Å². The number of anilines is 1. The summed E-state index contributed by atoms with van der Waals surface area (Å²) >= 11 is 0. The number of nitrogens with zero attached hydrogens (tertiary/aromatic N) is 2. The van der Waals surface area contributed by atoms with E-state index in [0.29, 0.717) is 32.4 Å². The van der Waals surface area contributed by atoms with E-state index in [1.807, 2.05) is 0 Å². The summed E-state index contributed by atoms with van der Waals surface area (Å²) in [7, 11) is -3.55. The molecule has 2 fully saturated rings. The second kappa shape index (κ2) is 7.51. The van der Waals surface area contributed by atoms with Crippen molar-refractivity contribution in [1.29, 1.82) is 0 Å². The molecule has 0 radical (unpaired) electrons. The van der Waals surface area contributed by atoms with Gasteiger partial charge in [0.05, 0.1) is 5.75 Å². The molecule has 3 rings (SSSR count). The molecule has 2 amide bonds. The molecule has 2 saturated heterocycles. The summed E-state index contributed by atoms with van der Waals surface area (Å²) in [6.07, 6.45) is 1.32. The van der Waals surface area contributed by atoms with Crippen molar-refractivity contribution in [2.75, 3.05) is 30.3 Å². The van der Waals surface area contributed by atoms with Gasteiger partial charge in [0.1, 0.15) is 5.92 Å². The van der Waals surface area contributed by atoms with Crippen LogP contribution in [0.1, 0.15) is 19.3 Å². The number of carbonyl (C=O) groups excluding carboxylic acids is 2. The summed E-state index contributed by atoms with van der Waals surface area (Å²) in [6.45, 7) is 0.990. The first-order valence-corrected chi connectivity index (χ1v) is 10.4. The normalized spacial score (nSPS) is 21.7. The van der Waals surface area contributed by atoms with E-state index in [-0.39, 0.29) is 29.8 Å². The summed E-state index contributed by atoms with van der Waals surface area (Å²) in [5.41, 5.74) is 0.223. The Morgan fingerprint density at radius 1 is 1.11 bits per heavy atom. The highest BCUT2D eigenvalue weighted by Gasteiger charge is 2.40. The zero-order valence-electron chi connectivity index (χ0n) is 14.6. The molecule has 0 spiro atoms. The molecule has 7 nitrogen and oxygen atoms in total. The molecule has 0 saturated carbocycles. The number of likely N-dealkylation sites (tertiary alicyclic amines) is 1. The van der Waals surface area contributed by atoms with Crippen molar-refractivity contribution >= 4 is 27.5 Å². The standard InChI is InChI=1S/C17H21F2N3O4S/c18-14-2-1-12(9-15(14)19)22-8-5-13(17(22)24)16(23)21-6-3-11(4-7-21)10-27(20,25)26/h1-2,9,11,13H,3-8,10H2,(H2,20,25,26). The maximum absolute atomic E-state index is 13.4. The average Bonchev–Trinajstić information content (AvgIpc) is 2.97. The Labute approximate surface area is 156 Å². The predicted molar refractivity (Wildman–Crippen MR) is 94.1 cm³/mol. The van der Waals surface area contributed by atoms with E-state index in [1.54, 1.807) is 4.90 Å². The number of nitrogens with two attached hydrogens (primary N) is 1. The van der Waals surface area contributed by atoms with Gasteiger partial charge in [-0.1, -0.05) is 0 Å². The van der Waals surface area contributed by atoms with Crippen LogP contribution in [-0.4, -0.2) is 50.5 Å². The third-order valence-corrected chi connectivity index (χ3v) is 6.05. The molecule has 0 bridgehead atoms. The molecule has 0 aliphatic carbocycles. The molecule has 1 atom stereocenters. The molecule has 10 heteroatoms. The van der Waals surface area contributed by atoms with Crippen LogP contribution in [0, 0.1) is 23.5 Å². The van der Waals surface area contributed by atoms with Gasteiger partial charge in [0, 0.05) is 31.4 Å². The number of primary sulfonamides is 1. The van der Waals surface area contributed by atoms with Crippen molar-refractivity contribution < 1.29 is 26.8 Å². The first-order chi connectivity index (χ1) is 12.7. The second-order valence-corrected chi connectivity index (χ2v) is 8.69. The maximum Gasteiger partial charge on any atom is 0.239 e. The fourth-order valence-corrected chi connectivity index (χ4v) is 4.68. The molecule has 1 unspecified atom stereocenters. The molecular formula is C17H21F2N3O4S. The van der Waals surface area contributed by atoms with Crippen LogP contribution in [0.4, 0.5) is 14.5 Å². The van der Waals surface area contributed by atoms with Crippen LogP contribution in [0.3, 0.4) is 0 Å². The van der Waals surface area contributed by atoms with E-state index in [2.05, 4.69) is 0 Å². The lowest BCUT2D eigenvalue weighted by molar-refractivity contribution is -0.140. The number of piperidine rings is 1. The van der Waals surface area contributed by atoms with E-state index in [4.69, 9.17) is 5.14 Å². The number of amides is 2. The highest BCUT2D eigenvalue weighted by Crippen LogP contribution is 2.29. The molecule has 27 heavy (non-hydrogen) atoms. The smallest absolute Gasteiger partial charge is 0.239 e. The van der Waals surface area contributed by atoms with Gasteiger partial charge in [-0.05, 0) is 37.3 Å². The van der Waals surface area contributed by atoms with Gasteiger partial charge in [0.2, 0.25) is 21.8 Å². The van der Waals surface area contributed by atoms with Crippen LogP contribution in [-0.2, 0) is 19.6 Å². The van der Waals surface area contributed by atoms with Crippen molar-refractivity contribution in [3.63, 3.8) is 0 Å². The maximum atomic E-state index is 13.4. The fraction of sp³-hybridized carbons (Fsp3) is 0.529. The van der Waals surface area contributed by atoms with Crippen molar-refractivity contribution in [2.45, 2.75) is 19.3 Å². The van der Waals surface area contributed by atoms with Crippen LogP contribution >= 0.6 is 0 Å². The molecule has 2 aliphatic heterocycles. The molecule has 1 aromatic carbocycles. The molecular weight excluding hydrogens is 380 g/mol. The molecule has 2 N–H and O–H groups in total. The Hall–Kier alpha value is -2.07. The van der Waals surface area contributed by atoms with Crippen LogP contribution in [0.25, 0.3) is 0 Å². The third kappa shape index (κ3) is 4.44. The van der Waals surface area contributed by atoms with Crippen LogP contribution in [0.15, 0.2) is 18.2 Å². The number of carbonyl (C=O) groups is 2. The number of rotatable bonds is 4. The summed E-state index contributed by atoms with van der Waals surface area (Å²) in [5.74, 6) is -3.85. The molecule has 148 valence electrons. The quantitative estimate of drug-likeness (QED) is 0.756. The minimum absolute atomic E-state index is 0.0954. The minimum atomic E-state index is -3.55. The minimum Gasteiger partial charge on any atom is -0.342 e.